The molecule has 4 N–H and O–H groups in total. The molecule has 7 nitrogen and oxygen atoms in total. The first-order valence-corrected chi connectivity index (χ1v) is 8.06. The molecule has 1 fully saturated rings. The van der Waals surface area contributed by atoms with Crippen LogP contribution in [-0.2, 0) is 10.3 Å². The average Bonchev–Trinajstić information content (AvgIpc) is 2.99. The summed E-state index contributed by atoms with van der Waals surface area (Å²) in [5.41, 5.74) is 8.87. The standard InChI is InChI=1S/C17H23N5O2/c1-18-21-17(7-9-22(2)10-8-17)16-19-13-5-3-12(4-6-15(23)24)11-14(13)20-16/h3-6,11,18,21H,7-10H2,1-2H3,(H,19,20)(H,23,24)/b6-4+. The van der Waals surface area contributed by atoms with Crippen LogP contribution in [0.25, 0.3) is 17.1 Å². The molecular weight excluding hydrogens is 306 g/mol. The van der Waals surface area contributed by atoms with E-state index in [4.69, 9.17) is 10.1 Å². The van der Waals surface area contributed by atoms with Crippen LogP contribution in [0.1, 0.15) is 24.2 Å². The molecule has 0 amide bonds. The Morgan fingerprint density at radius 2 is 2.17 bits per heavy atom. The van der Waals surface area contributed by atoms with Gasteiger partial charge in [-0.1, -0.05) is 6.07 Å². The van der Waals surface area contributed by atoms with Crippen molar-refractivity contribution in [1.82, 2.24) is 25.7 Å². The van der Waals surface area contributed by atoms with Gasteiger partial charge in [0.15, 0.2) is 0 Å². The van der Waals surface area contributed by atoms with Gasteiger partial charge in [0.05, 0.1) is 16.6 Å². The van der Waals surface area contributed by atoms with Crippen LogP contribution in [0.4, 0.5) is 0 Å². The molecule has 7 heteroatoms. The topological polar surface area (TPSA) is 93.3 Å². The molecule has 24 heavy (non-hydrogen) atoms. The van der Waals surface area contributed by atoms with Gasteiger partial charge in [-0.15, -0.1) is 0 Å². The highest BCUT2D eigenvalue weighted by molar-refractivity contribution is 5.86. The minimum absolute atomic E-state index is 0.225. The first kappa shape index (κ1) is 16.6. The zero-order valence-corrected chi connectivity index (χ0v) is 14.0. The largest absolute Gasteiger partial charge is 0.478 e. The van der Waals surface area contributed by atoms with E-state index < -0.39 is 5.97 Å². The number of benzene rings is 1. The predicted molar refractivity (Wildman–Crippen MR) is 93.4 cm³/mol. The van der Waals surface area contributed by atoms with Crippen LogP contribution in [0.15, 0.2) is 24.3 Å². The Morgan fingerprint density at radius 1 is 1.42 bits per heavy atom. The van der Waals surface area contributed by atoms with E-state index in [1.54, 1.807) is 6.08 Å². The second-order valence-corrected chi connectivity index (χ2v) is 6.29. The van der Waals surface area contributed by atoms with Gasteiger partial charge in [0.2, 0.25) is 0 Å². The minimum atomic E-state index is -0.955. The first-order chi connectivity index (χ1) is 11.5. The van der Waals surface area contributed by atoms with E-state index in [0.29, 0.717) is 0 Å². The predicted octanol–water partition coefficient (Wildman–Crippen LogP) is 1.31. The van der Waals surface area contributed by atoms with Gasteiger partial charge < -0.3 is 15.0 Å². The Bertz CT molecular complexity index is 759. The van der Waals surface area contributed by atoms with Crippen LogP contribution in [-0.4, -0.2) is 53.1 Å². The molecule has 0 atom stereocenters. The van der Waals surface area contributed by atoms with Crippen molar-refractivity contribution in [3.8, 4) is 0 Å². The SMILES string of the molecule is CNNC1(c2nc3ccc(/C=C/C(=O)O)cc3[nH]2)CCN(C)CC1. The molecule has 3 rings (SSSR count). The number of nitrogens with zero attached hydrogens (tertiary/aromatic N) is 2. The quantitative estimate of drug-likeness (QED) is 0.488. The summed E-state index contributed by atoms with van der Waals surface area (Å²) >= 11 is 0. The van der Waals surface area contributed by atoms with E-state index >= 15 is 0 Å². The van der Waals surface area contributed by atoms with Crippen molar-refractivity contribution in [1.29, 1.82) is 0 Å². The number of hydrogen-bond donors (Lipinski definition) is 4. The number of aromatic nitrogens is 2. The van der Waals surface area contributed by atoms with Crippen LogP contribution in [0.5, 0.6) is 0 Å². The molecule has 1 aliphatic rings. The Labute approximate surface area is 140 Å². The second kappa shape index (κ2) is 6.72. The first-order valence-electron chi connectivity index (χ1n) is 8.06. The lowest BCUT2D eigenvalue weighted by Gasteiger charge is -2.39. The van der Waals surface area contributed by atoms with E-state index in [2.05, 4.69) is 27.8 Å². The van der Waals surface area contributed by atoms with Gasteiger partial charge in [-0.3, -0.25) is 5.43 Å². The number of rotatable bonds is 5. The van der Waals surface area contributed by atoms with Crippen molar-refractivity contribution in [3.63, 3.8) is 0 Å². The molecule has 2 heterocycles. The number of hydrogen-bond acceptors (Lipinski definition) is 5. The Kier molecular flexibility index (Phi) is 4.66. The third-order valence-electron chi connectivity index (χ3n) is 4.58. The number of carbonyl (C=O) groups is 1. The van der Waals surface area contributed by atoms with Crippen LogP contribution in [0, 0.1) is 0 Å². The van der Waals surface area contributed by atoms with E-state index in [0.717, 1.165) is 54.4 Å². The van der Waals surface area contributed by atoms with Crippen molar-refractivity contribution in [3.05, 3.63) is 35.7 Å². The maximum absolute atomic E-state index is 10.7. The monoisotopic (exact) mass is 329 g/mol. The van der Waals surface area contributed by atoms with Gasteiger partial charge in [0.1, 0.15) is 5.82 Å². The summed E-state index contributed by atoms with van der Waals surface area (Å²) in [5.74, 6) is -0.0387. The molecule has 1 aromatic heterocycles. The Balaban J connectivity index is 1.95. The van der Waals surface area contributed by atoms with Crippen molar-refractivity contribution < 1.29 is 9.90 Å². The maximum Gasteiger partial charge on any atom is 0.328 e. The van der Waals surface area contributed by atoms with E-state index in [1.807, 2.05) is 25.2 Å². The summed E-state index contributed by atoms with van der Waals surface area (Å²) in [6, 6.07) is 5.71. The average molecular weight is 329 g/mol. The smallest absolute Gasteiger partial charge is 0.328 e. The summed E-state index contributed by atoms with van der Waals surface area (Å²) in [7, 11) is 4.00. The molecule has 1 aliphatic heterocycles. The third-order valence-corrected chi connectivity index (χ3v) is 4.58. The summed E-state index contributed by atoms with van der Waals surface area (Å²) in [4.78, 5) is 21.2. The second-order valence-electron chi connectivity index (χ2n) is 6.29. The fourth-order valence-electron chi connectivity index (χ4n) is 3.19. The number of imidazole rings is 1. The van der Waals surface area contributed by atoms with Crippen LogP contribution >= 0.6 is 0 Å². The van der Waals surface area contributed by atoms with Gasteiger partial charge in [-0.05, 0) is 50.7 Å². The molecule has 128 valence electrons. The molecule has 0 bridgehead atoms. The van der Waals surface area contributed by atoms with Crippen molar-refractivity contribution in [2.24, 2.45) is 0 Å². The van der Waals surface area contributed by atoms with E-state index in [1.165, 1.54) is 0 Å². The van der Waals surface area contributed by atoms with Gasteiger partial charge in [-0.2, -0.15) is 0 Å². The third kappa shape index (κ3) is 3.33. The van der Waals surface area contributed by atoms with E-state index in [-0.39, 0.29) is 5.54 Å². The highest BCUT2D eigenvalue weighted by Crippen LogP contribution is 2.31. The number of H-pyrrole nitrogens is 1. The van der Waals surface area contributed by atoms with Crippen LogP contribution < -0.4 is 10.9 Å². The summed E-state index contributed by atoms with van der Waals surface area (Å²) in [5, 5.41) is 8.75. The molecule has 0 unspecified atom stereocenters. The van der Waals surface area contributed by atoms with Gasteiger partial charge in [0.25, 0.3) is 0 Å². The van der Waals surface area contributed by atoms with Gasteiger partial charge in [-0.25, -0.2) is 15.2 Å². The molecule has 0 radical (unpaired) electrons. The Morgan fingerprint density at radius 3 is 2.83 bits per heavy atom. The van der Waals surface area contributed by atoms with Crippen molar-refractivity contribution in [2.75, 3.05) is 27.2 Å². The lowest BCUT2D eigenvalue weighted by atomic mass is 9.87. The molecule has 0 aliphatic carbocycles. The zero-order valence-electron chi connectivity index (χ0n) is 14.0. The van der Waals surface area contributed by atoms with Crippen molar-refractivity contribution >= 4 is 23.1 Å². The Hall–Kier alpha value is -2.22. The number of fused-ring (bicyclic) bond motifs is 1. The number of carboxylic acid groups (broad SMARTS) is 1. The van der Waals surface area contributed by atoms with E-state index in [9.17, 15) is 4.79 Å². The van der Waals surface area contributed by atoms with Crippen LogP contribution in [0.3, 0.4) is 0 Å². The highest BCUT2D eigenvalue weighted by Gasteiger charge is 2.37. The number of hydrazine groups is 1. The minimum Gasteiger partial charge on any atom is -0.478 e. The fraction of sp³-hybridized carbons (Fsp3) is 0.412. The lowest BCUT2D eigenvalue weighted by molar-refractivity contribution is -0.131. The lowest BCUT2D eigenvalue weighted by Crippen LogP contribution is -2.54. The summed E-state index contributed by atoms with van der Waals surface area (Å²) in [6.07, 6.45) is 4.63. The molecule has 0 spiro atoms. The number of piperidine rings is 1. The van der Waals surface area contributed by atoms with Crippen molar-refractivity contribution in [2.45, 2.75) is 18.4 Å². The summed E-state index contributed by atoms with van der Waals surface area (Å²) < 4.78 is 0. The van der Waals surface area contributed by atoms with Gasteiger partial charge in [0, 0.05) is 19.2 Å². The zero-order chi connectivity index (χ0) is 17.2. The fourth-order valence-corrected chi connectivity index (χ4v) is 3.19. The number of aliphatic carboxylic acids is 1. The van der Waals surface area contributed by atoms with Gasteiger partial charge >= 0.3 is 5.97 Å². The molecular formula is C17H23N5O2. The molecule has 0 saturated carbocycles. The van der Waals surface area contributed by atoms with Crippen LogP contribution in [0.2, 0.25) is 0 Å². The molecule has 1 saturated heterocycles. The molecule has 2 aromatic rings. The number of aromatic amines is 1. The number of carboxylic acids is 1. The highest BCUT2D eigenvalue weighted by atomic mass is 16.4. The summed E-state index contributed by atoms with van der Waals surface area (Å²) in [6.45, 7) is 2.00. The molecule has 1 aromatic carbocycles. The number of nitrogens with one attached hydrogen (secondary N) is 3. The maximum atomic E-state index is 10.7. The normalized spacial score (nSPS) is 18.4. The number of likely N-dealkylation sites (tertiary alicyclic amines) is 1.